The Hall–Kier alpha value is -1.88. The van der Waals surface area contributed by atoms with E-state index < -0.39 is 12.1 Å². The Morgan fingerprint density at radius 2 is 2.09 bits per heavy atom. The van der Waals surface area contributed by atoms with Crippen molar-refractivity contribution < 1.29 is 19.1 Å². The van der Waals surface area contributed by atoms with Crippen molar-refractivity contribution in [2.24, 2.45) is 0 Å². The molecule has 5 heteroatoms. The van der Waals surface area contributed by atoms with Gasteiger partial charge in [-0.15, -0.1) is 0 Å². The second-order valence-corrected chi connectivity index (χ2v) is 5.82. The average Bonchev–Trinajstić information content (AvgIpc) is 3.07. The molecule has 1 fully saturated rings. The fraction of sp³-hybridized carbons (Fsp3) is 0.529. The maximum Gasteiger partial charge on any atom is 0.335 e. The van der Waals surface area contributed by atoms with Crippen molar-refractivity contribution in [2.45, 2.75) is 44.2 Å². The molecule has 5 nitrogen and oxygen atoms in total. The smallest absolute Gasteiger partial charge is 0.335 e. The van der Waals surface area contributed by atoms with Crippen LogP contribution < -0.4 is 5.32 Å². The van der Waals surface area contributed by atoms with E-state index in [9.17, 15) is 9.59 Å². The summed E-state index contributed by atoms with van der Waals surface area (Å²) in [6, 6.07) is 8.18. The van der Waals surface area contributed by atoms with Crippen molar-refractivity contribution >= 4 is 11.9 Å². The summed E-state index contributed by atoms with van der Waals surface area (Å²) in [7, 11) is 0. The zero-order valence-electron chi connectivity index (χ0n) is 12.5. The SMILES string of the molecule is O=C(COC(=O)[C@@H]1CCCO1)N[C@H]1CCCc2ccccc21. The molecule has 22 heavy (non-hydrogen) atoms. The minimum Gasteiger partial charge on any atom is -0.454 e. The van der Waals surface area contributed by atoms with Gasteiger partial charge in [-0.05, 0) is 43.2 Å². The predicted octanol–water partition coefficient (Wildman–Crippen LogP) is 1.90. The number of carbonyl (C=O) groups is 2. The summed E-state index contributed by atoms with van der Waals surface area (Å²) in [5.74, 6) is -0.690. The fourth-order valence-corrected chi connectivity index (χ4v) is 3.13. The average molecular weight is 303 g/mol. The van der Waals surface area contributed by atoms with Crippen molar-refractivity contribution in [1.29, 1.82) is 0 Å². The van der Waals surface area contributed by atoms with E-state index in [1.54, 1.807) is 0 Å². The van der Waals surface area contributed by atoms with Gasteiger partial charge in [0.05, 0.1) is 6.04 Å². The highest BCUT2D eigenvalue weighted by atomic mass is 16.6. The molecule has 1 aromatic carbocycles. The zero-order valence-corrected chi connectivity index (χ0v) is 12.5. The molecule has 0 radical (unpaired) electrons. The van der Waals surface area contributed by atoms with E-state index in [-0.39, 0.29) is 18.6 Å². The summed E-state index contributed by atoms with van der Waals surface area (Å²) in [5.41, 5.74) is 2.46. The quantitative estimate of drug-likeness (QED) is 0.863. The van der Waals surface area contributed by atoms with Crippen molar-refractivity contribution in [3.05, 3.63) is 35.4 Å². The summed E-state index contributed by atoms with van der Waals surface area (Å²) in [6.45, 7) is 0.349. The first-order valence-corrected chi connectivity index (χ1v) is 7.89. The standard InChI is InChI=1S/C17H21NO4/c19-16(11-22-17(20)15-9-4-10-21-15)18-14-8-3-6-12-5-1-2-7-13(12)14/h1-2,5,7,14-15H,3-4,6,8-11H2,(H,18,19)/t14-,15-/m0/s1. The number of benzene rings is 1. The van der Waals surface area contributed by atoms with Crippen LogP contribution in [0.15, 0.2) is 24.3 Å². The molecule has 3 rings (SSSR count). The van der Waals surface area contributed by atoms with Crippen molar-refractivity contribution in [3.8, 4) is 0 Å². The van der Waals surface area contributed by atoms with Gasteiger partial charge in [0.25, 0.3) is 5.91 Å². The van der Waals surface area contributed by atoms with Crippen molar-refractivity contribution in [2.75, 3.05) is 13.2 Å². The molecule has 2 aliphatic rings. The van der Waals surface area contributed by atoms with E-state index in [0.717, 1.165) is 25.7 Å². The number of hydrogen-bond acceptors (Lipinski definition) is 4. The Labute approximate surface area is 130 Å². The number of nitrogens with one attached hydrogen (secondary N) is 1. The molecule has 0 unspecified atom stereocenters. The normalized spacial score (nSPS) is 23.6. The van der Waals surface area contributed by atoms with Gasteiger partial charge in [-0.3, -0.25) is 4.79 Å². The molecule has 1 heterocycles. The molecular formula is C17H21NO4. The minimum absolute atomic E-state index is 0.0129. The van der Waals surface area contributed by atoms with Gasteiger partial charge in [-0.2, -0.15) is 0 Å². The monoisotopic (exact) mass is 303 g/mol. The van der Waals surface area contributed by atoms with Gasteiger partial charge in [0.15, 0.2) is 12.7 Å². The molecule has 1 aliphatic heterocycles. The van der Waals surface area contributed by atoms with Crippen LogP contribution in [0.1, 0.15) is 42.9 Å². The second kappa shape index (κ2) is 6.92. The number of ether oxygens (including phenoxy) is 2. The first-order chi connectivity index (χ1) is 10.7. The maximum absolute atomic E-state index is 12.0. The molecule has 0 saturated carbocycles. The van der Waals surface area contributed by atoms with E-state index >= 15 is 0 Å². The number of rotatable bonds is 4. The fourth-order valence-electron chi connectivity index (χ4n) is 3.13. The van der Waals surface area contributed by atoms with Crippen LogP contribution in [0.25, 0.3) is 0 Å². The van der Waals surface area contributed by atoms with E-state index in [0.29, 0.717) is 13.0 Å². The van der Waals surface area contributed by atoms with E-state index in [4.69, 9.17) is 9.47 Å². The highest BCUT2D eigenvalue weighted by Gasteiger charge is 2.26. The predicted molar refractivity (Wildman–Crippen MR) is 80.2 cm³/mol. The lowest BCUT2D eigenvalue weighted by molar-refractivity contribution is -0.157. The largest absolute Gasteiger partial charge is 0.454 e. The number of hydrogen-bond donors (Lipinski definition) is 1. The molecule has 0 spiro atoms. The van der Waals surface area contributed by atoms with Crippen LogP contribution in [0.3, 0.4) is 0 Å². The molecule has 1 aromatic rings. The zero-order chi connectivity index (χ0) is 15.4. The third-order valence-electron chi connectivity index (χ3n) is 4.24. The van der Waals surface area contributed by atoms with E-state index in [2.05, 4.69) is 17.4 Å². The third kappa shape index (κ3) is 3.47. The number of aryl methyl sites for hydroxylation is 1. The molecule has 1 saturated heterocycles. The molecule has 0 aromatic heterocycles. The maximum atomic E-state index is 12.0. The summed E-state index contributed by atoms with van der Waals surface area (Å²) in [4.78, 5) is 23.7. The van der Waals surface area contributed by atoms with Crippen LogP contribution in [0.2, 0.25) is 0 Å². The van der Waals surface area contributed by atoms with Gasteiger partial charge in [-0.1, -0.05) is 24.3 Å². The first kappa shape index (κ1) is 15.0. The lowest BCUT2D eigenvalue weighted by Crippen LogP contribution is -2.35. The number of fused-ring (bicyclic) bond motifs is 1. The number of esters is 1. The number of carbonyl (C=O) groups excluding carboxylic acids is 2. The molecule has 118 valence electrons. The minimum atomic E-state index is -0.497. The van der Waals surface area contributed by atoms with Crippen molar-refractivity contribution in [3.63, 3.8) is 0 Å². The second-order valence-electron chi connectivity index (χ2n) is 5.82. The molecule has 1 amide bonds. The van der Waals surface area contributed by atoms with Gasteiger partial charge in [0.1, 0.15) is 0 Å². The molecule has 0 bridgehead atoms. The lowest BCUT2D eigenvalue weighted by atomic mass is 9.88. The summed E-state index contributed by atoms with van der Waals surface area (Å²) >= 11 is 0. The van der Waals surface area contributed by atoms with E-state index in [1.165, 1.54) is 11.1 Å². The Morgan fingerprint density at radius 3 is 2.91 bits per heavy atom. The molecule has 1 N–H and O–H groups in total. The van der Waals surface area contributed by atoms with Crippen LogP contribution in [-0.2, 0) is 25.5 Å². The van der Waals surface area contributed by atoms with Crippen LogP contribution in [0, 0.1) is 0 Å². The molecule has 1 aliphatic carbocycles. The Kier molecular flexibility index (Phi) is 4.73. The van der Waals surface area contributed by atoms with E-state index in [1.807, 2.05) is 12.1 Å². The molecular weight excluding hydrogens is 282 g/mol. The van der Waals surface area contributed by atoms with Crippen LogP contribution in [-0.4, -0.2) is 31.2 Å². The highest BCUT2D eigenvalue weighted by molar-refractivity contribution is 5.82. The third-order valence-corrected chi connectivity index (χ3v) is 4.24. The lowest BCUT2D eigenvalue weighted by Gasteiger charge is -2.26. The van der Waals surface area contributed by atoms with Crippen molar-refractivity contribution in [1.82, 2.24) is 5.32 Å². The van der Waals surface area contributed by atoms with Gasteiger partial charge >= 0.3 is 5.97 Å². The first-order valence-electron chi connectivity index (χ1n) is 7.89. The molecule has 2 atom stereocenters. The Bertz CT molecular complexity index is 551. The summed E-state index contributed by atoms with van der Waals surface area (Å²) in [5, 5.41) is 2.96. The van der Waals surface area contributed by atoms with Gasteiger partial charge in [0.2, 0.25) is 0 Å². The van der Waals surface area contributed by atoms with Gasteiger partial charge in [-0.25, -0.2) is 4.79 Å². The van der Waals surface area contributed by atoms with Gasteiger partial charge < -0.3 is 14.8 Å². The topological polar surface area (TPSA) is 64.6 Å². The Balaban J connectivity index is 1.51. The number of amides is 1. The highest BCUT2D eigenvalue weighted by Crippen LogP contribution is 2.29. The summed E-state index contributed by atoms with van der Waals surface area (Å²) in [6.07, 6.45) is 4.07. The van der Waals surface area contributed by atoms with Gasteiger partial charge in [0, 0.05) is 6.61 Å². The van der Waals surface area contributed by atoms with Crippen LogP contribution >= 0.6 is 0 Å². The van der Waals surface area contributed by atoms with Crippen LogP contribution in [0.4, 0.5) is 0 Å². The van der Waals surface area contributed by atoms with Crippen LogP contribution in [0.5, 0.6) is 0 Å². The Morgan fingerprint density at radius 1 is 1.23 bits per heavy atom. The summed E-state index contributed by atoms with van der Waals surface area (Å²) < 4.78 is 10.3.